The quantitative estimate of drug-likeness (QED) is 0.679. The SMILES string of the molecule is CC[C@@H](NC(=O)C1CCN(S(=O)(=O)c2ccccc2)CC1)c1ccc(S(C)(=O)=O)cc1. The van der Waals surface area contributed by atoms with Crippen molar-refractivity contribution >= 4 is 25.8 Å². The minimum Gasteiger partial charge on any atom is -0.349 e. The van der Waals surface area contributed by atoms with Gasteiger partial charge in [-0.05, 0) is 49.1 Å². The summed E-state index contributed by atoms with van der Waals surface area (Å²) in [6.07, 6.45) is 2.74. The largest absolute Gasteiger partial charge is 0.349 e. The van der Waals surface area contributed by atoms with Gasteiger partial charge >= 0.3 is 0 Å². The summed E-state index contributed by atoms with van der Waals surface area (Å²) < 4.78 is 50.2. The molecule has 2 aromatic rings. The summed E-state index contributed by atoms with van der Waals surface area (Å²) in [6.45, 7) is 2.55. The Bertz CT molecular complexity index is 1110. The number of nitrogens with zero attached hydrogens (tertiary/aromatic N) is 1. The van der Waals surface area contributed by atoms with Crippen LogP contribution in [0.1, 0.15) is 37.8 Å². The molecule has 1 fully saturated rings. The van der Waals surface area contributed by atoms with E-state index in [4.69, 9.17) is 0 Å². The van der Waals surface area contributed by atoms with Crippen molar-refractivity contribution in [3.05, 3.63) is 60.2 Å². The van der Waals surface area contributed by atoms with E-state index in [-0.39, 0.29) is 27.7 Å². The van der Waals surface area contributed by atoms with Gasteiger partial charge in [-0.15, -0.1) is 0 Å². The molecular formula is C22H28N2O5S2. The van der Waals surface area contributed by atoms with Crippen molar-refractivity contribution in [1.29, 1.82) is 0 Å². The molecule has 1 N–H and O–H groups in total. The normalized spacial score (nSPS) is 17.2. The molecule has 0 aliphatic carbocycles. The van der Waals surface area contributed by atoms with Crippen molar-refractivity contribution in [2.75, 3.05) is 19.3 Å². The van der Waals surface area contributed by atoms with Crippen LogP contribution >= 0.6 is 0 Å². The van der Waals surface area contributed by atoms with Gasteiger partial charge in [0.05, 0.1) is 15.8 Å². The molecule has 0 unspecified atom stereocenters. The van der Waals surface area contributed by atoms with E-state index < -0.39 is 19.9 Å². The van der Waals surface area contributed by atoms with E-state index in [9.17, 15) is 21.6 Å². The van der Waals surface area contributed by atoms with E-state index in [2.05, 4.69) is 5.32 Å². The molecule has 168 valence electrons. The maximum absolute atomic E-state index is 12.8. The van der Waals surface area contributed by atoms with Gasteiger partial charge in [-0.2, -0.15) is 4.31 Å². The smallest absolute Gasteiger partial charge is 0.243 e. The highest BCUT2D eigenvalue weighted by atomic mass is 32.2. The summed E-state index contributed by atoms with van der Waals surface area (Å²) in [7, 11) is -6.82. The van der Waals surface area contributed by atoms with E-state index in [1.54, 1.807) is 54.6 Å². The number of benzene rings is 2. The molecule has 1 amide bonds. The van der Waals surface area contributed by atoms with Gasteiger partial charge in [0.1, 0.15) is 0 Å². The van der Waals surface area contributed by atoms with E-state index in [1.165, 1.54) is 4.31 Å². The van der Waals surface area contributed by atoms with Crippen LogP contribution in [0, 0.1) is 5.92 Å². The molecule has 9 heteroatoms. The lowest BCUT2D eigenvalue weighted by molar-refractivity contribution is -0.126. The highest BCUT2D eigenvalue weighted by Crippen LogP contribution is 2.25. The zero-order valence-corrected chi connectivity index (χ0v) is 19.3. The molecule has 0 spiro atoms. The first kappa shape index (κ1) is 23.4. The molecule has 0 aromatic heterocycles. The third kappa shape index (κ3) is 5.53. The predicted octanol–water partition coefficient (Wildman–Crippen LogP) is 2.76. The number of carbonyl (C=O) groups excluding carboxylic acids is 1. The monoisotopic (exact) mass is 464 g/mol. The molecule has 3 rings (SSSR count). The van der Waals surface area contributed by atoms with Crippen LogP contribution in [-0.4, -0.2) is 46.4 Å². The van der Waals surface area contributed by atoms with E-state index >= 15 is 0 Å². The molecule has 0 radical (unpaired) electrons. The zero-order chi connectivity index (χ0) is 22.6. The van der Waals surface area contributed by atoms with Crippen molar-refractivity contribution in [2.45, 2.75) is 42.0 Å². The van der Waals surface area contributed by atoms with Gasteiger partial charge in [0.15, 0.2) is 9.84 Å². The third-order valence-electron chi connectivity index (χ3n) is 5.64. The minimum absolute atomic E-state index is 0.101. The number of rotatable bonds is 7. The molecule has 1 atom stereocenters. The van der Waals surface area contributed by atoms with Crippen molar-refractivity contribution in [3.63, 3.8) is 0 Å². The Hall–Kier alpha value is -2.23. The molecule has 1 heterocycles. The van der Waals surface area contributed by atoms with E-state index in [1.807, 2.05) is 6.92 Å². The van der Waals surface area contributed by atoms with Crippen molar-refractivity contribution in [2.24, 2.45) is 5.92 Å². The second-order valence-corrected chi connectivity index (χ2v) is 11.8. The fraction of sp³-hybridized carbons (Fsp3) is 0.409. The van der Waals surface area contributed by atoms with Crippen molar-refractivity contribution in [3.8, 4) is 0 Å². The Balaban J connectivity index is 1.61. The number of piperidine rings is 1. The van der Waals surface area contributed by atoms with Crippen LogP contribution in [0.2, 0.25) is 0 Å². The van der Waals surface area contributed by atoms with Gasteiger partial charge in [-0.25, -0.2) is 16.8 Å². The molecule has 1 saturated heterocycles. The highest BCUT2D eigenvalue weighted by Gasteiger charge is 2.32. The fourth-order valence-corrected chi connectivity index (χ4v) is 5.88. The molecule has 2 aromatic carbocycles. The maximum Gasteiger partial charge on any atom is 0.243 e. The summed E-state index contributed by atoms with van der Waals surface area (Å²) in [5.74, 6) is -0.359. The molecule has 31 heavy (non-hydrogen) atoms. The number of carbonyl (C=O) groups is 1. The lowest BCUT2D eigenvalue weighted by Gasteiger charge is -2.31. The molecule has 1 aliphatic heterocycles. The molecular weight excluding hydrogens is 436 g/mol. The summed E-state index contributed by atoms with van der Waals surface area (Å²) in [5, 5.41) is 3.04. The van der Waals surface area contributed by atoms with Crippen LogP contribution in [0.15, 0.2) is 64.4 Å². The number of sulfonamides is 1. The number of hydrogen-bond acceptors (Lipinski definition) is 5. The summed E-state index contributed by atoms with van der Waals surface area (Å²) in [6, 6.07) is 14.6. The van der Waals surface area contributed by atoms with Crippen molar-refractivity contribution < 1.29 is 21.6 Å². The molecule has 0 bridgehead atoms. The van der Waals surface area contributed by atoms with Crippen LogP contribution < -0.4 is 5.32 Å². The number of amides is 1. The Kier molecular flexibility index (Phi) is 7.18. The third-order valence-corrected chi connectivity index (χ3v) is 8.68. The Morgan fingerprint density at radius 2 is 1.55 bits per heavy atom. The van der Waals surface area contributed by atoms with Crippen LogP contribution in [0.3, 0.4) is 0 Å². The average Bonchev–Trinajstić information content (AvgIpc) is 2.77. The number of nitrogens with one attached hydrogen (secondary N) is 1. The Morgan fingerprint density at radius 1 is 0.968 bits per heavy atom. The Labute approximate surface area is 184 Å². The minimum atomic E-state index is -3.55. The van der Waals surface area contributed by atoms with Crippen LogP contribution in [-0.2, 0) is 24.7 Å². The lowest BCUT2D eigenvalue weighted by atomic mass is 9.96. The first-order valence-electron chi connectivity index (χ1n) is 10.3. The zero-order valence-electron chi connectivity index (χ0n) is 17.7. The first-order chi connectivity index (χ1) is 14.6. The second kappa shape index (κ2) is 9.50. The van der Waals surface area contributed by atoms with E-state index in [0.717, 1.165) is 11.8 Å². The van der Waals surface area contributed by atoms with Crippen molar-refractivity contribution in [1.82, 2.24) is 9.62 Å². The second-order valence-electron chi connectivity index (χ2n) is 7.80. The number of hydrogen-bond donors (Lipinski definition) is 1. The fourth-order valence-electron chi connectivity index (χ4n) is 3.76. The van der Waals surface area contributed by atoms with Gasteiger partial charge < -0.3 is 5.32 Å². The number of sulfone groups is 1. The maximum atomic E-state index is 12.8. The van der Waals surface area contributed by atoms with Gasteiger partial charge in [0.25, 0.3) is 0 Å². The predicted molar refractivity (Wildman–Crippen MR) is 119 cm³/mol. The summed E-state index contributed by atoms with van der Waals surface area (Å²) >= 11 is 0. The topological polar surface area (TPSA) is 101 Å². The average molecular weight is 465 g/mol. The molecule has 7 nitrogen and oxygen atoms in total. The molecule has 0 saturated carbocycles. The van der Waals surface area contributed by atoms with Crippen LogP contribution in [0.25, 0.3) is 0 Å². The van der Waals surface area contributed by atoms with E-state index in [0.29, 0.717) is 32.4 Å². The molecule has 1 aliphatic rings. The standard InChI is InChI=1S/C22H28N2O5S2/c1-3-21(17-9-11-19(12-10-17)30(2,26)27)23-22(25)18-13-15-24(16-14-18)31(28,29)20-7-5-4-6-8-20/h4-12,18,21H,3,13-16H2,1-2H3,(H,23,25)/t21-/m1/s1. The highest BCUT2D eigenvalue weighted by molar-refractivity contribution is 7.90. The van der Waals surface area contributed by atoms with Crippen LogP contribution in [0.5, 0.6) is 0 Å². The summed E-state index contributed by atoms with van der Waals surface area (Å²) in [4.78, 5) is 13.3. The summed E-state index contributed by atoms with van der Waals surface area (Å²) in [5.41, 5.74) is 0.840. The lowest BCUT2D eigenvalue weighted by Crippen LogP contribution is -2.43. The van der Waals surface area contributed by atoms with Gasteiger partial charge in [0.2, 0.25) is 15.9 Å². The van der Waals surface area contributed by atoms with Gasteiger partial charge in [0, 0.05) is 25.3 Å². The Morgan fingerprint density at radius 3 is 2.06 bits per heavy atom. The van der Waals surface area contributed by atoms with Gasteiger partial charge in [-0.3, -0.25) is 4.79 Å². The van der Waals surface area contributed by atoms with Crippen LogP contribution in [0.4, 0.5) is 0 Å². The first-order valence-corrected chi connectivity index (χ1v) is 13.6. The van der Waals surface area contributed by atoms with Gasteiger partial charge in [-0.1, -0.05) is 37.3 Å².